The Kier molecular flexibility index (Phi) is 6.30. The molecule has 32 heavy (non-hydrogen) atoms. The van der Waals surface area contributed by atoms with Gasteiger partial charge in [0.25, 0.3) is 0 Å². The molecule has 2 heterocycles. The number of hydrogen-bond acceptors (Lipinski definition) is 6. The Hall–Kier alpha value is -3.55. The summed E-state index contributed by atoms with van der Waals surface area (Å²) in [6, 6.07) is 16.1. The summed E-state index contributed by atoms with van der Waals surface area (Å²) < 4.78 is 29.3. The Morgan fingerprint density at radius 1 is 1.06 bits per heavy atom. The summed E-state index contributed by atoms with van der Waals surface area (Å²) in [4.78, 5) is 17.0. The minimum Gasteiger partial charge on any atom is -0.460 e. The summed E-state index contributed by atoms with van der Waals surface area (Å²) >= 11 is 11.6. The van der Waals surface area contributed by atoms with Gasteiger partial charge in [0.1, 0.15) is 17.1 Å². The first-order valence-corrected chi connectivity index (χ1v) is 10.1. The molecule has 0 atom stereocenters. The zero-order chi connectivity index (χ0) is 22.7. The third-order valence-corrected chi connectivity index (χ3v) is 5.20. The number of benzene rings is 2. The van der Waals surface area contributed by atoms with Crippen molar-refractivity contribution in [1.82, 2.24) is 4.98 Å². The normalized spacial score (nSPS) is 10.6. The van der Waals surface area contributed by atoms with Crippen LogP contribution in [0.15, 0.2) is 82.3 Å². The van der Waals surface area contributed by atoms with E-state index in [2.05, 4.69) is 4.98 Å². The van der Waals surface area contributed by atoms with Crippen molar-refractivity contribution in [2.75, 3.05) is 7.11 Å². The van der Waals surface area contributed by atoms with E-state index in [1.807, 2.05) is 0 Å². The third kappa shape index (κ3) is 4.54. The number of hydrogen-bond donors (Lipinski definition) is 0. The van der Waals surface area contributed by atoms with Crippen LogP contribution in [0.2, 0.25) is 5.02 Å². The van der Waals surface area contributed by atoms with Crippen LogP contribution in [0.25, 0.3) is 33.6 Å². The zero-order valence-corrected chi connectivity index (χ0v) is 18.2. The molecule has 4 aromatic rings. The van der Waals surface area contributed by atoms with Crippen molar-refractivity contribution in [3.8, 4) is 39.3 Å². The fraction of sp³-hybridized carbons (Fsp3) is 0.0417. The Balaban J connectivity index is 1.84. The molecule has 0 aliphatic carbocycles. The van der Waals surface area contributed by atoms with E-state index in [-0.39, 0.29) is 33.1 Å². The van der Waals surface area contributed by atoms with E-state index < -0.39 is 5.63 Å². The molecule has 0 aliphatic rings. The molecule has 2 aromatic heterocycles. The molecular formula is C24H15ClFNO4S. The molecule has 160 valence electrons. The van der Waals surface area contributed by atoms with Gasteiger partial charge in [0, 0.05) is 46.8 Å². The molecular weight excluding hydrogens is 453 g/mol. The molecule has 8 heteroatoms. The Morgan fingerprint density at radius 2 is 1.81 bits per heavy atom. The van der Waals surface area contributed by atoms with Crippen molar-refractivity contribution in [2.45, 2.75) is 0 Å². The molecule has 0 spiro atoms. The van der Waals surface area contributed by atoms with Crippen LogP contribution in [-0.2, 0) is 4.74 Å². The molecule has 0 bridgehead atoms. The number of nitrogens with zero attached hydrogens (tertiary/aromatic N) is 1. The monoisotopic (exact) mass is 467 g/mol. The molecule has 5 nitrogen and oxygen atoms in total. The molecule has 0 saturated heterocycles. The van der Waals surface area contributed by atoms with Crippen LogP contribution in [-0.4, -0.2) is 17.3 Å². The van der Waals surface area contributed by atoms with Crippen molar-refractivity contribution in [1.29, 1.82) is 0 Å². The van der Waals surface area contributed by atoms with E-state index in [1.165, 1.54) is 25.3 Å². The molecule has 4 rings (SSSR count). The Bertz CT molecular complexity index is 1340. The molecule has 0 saturated carbocycles. The molecule has 0 unspecified atom stereocenters. The van der Waals surface area contributed by atoms with Gasteiger partial charge in [0.2, 0.25) is 0 Å². The minimum atomic E-state index is -0.670. The lowest BCUT2D eigenvalue weighted by atomic mass is 10.00. The summed E-state index contributed by atoms with van der Waals surface area (Å²) in [5, 5.41) is 0.106. The van der Waals surface area contributed by atoms with E-state index in [1.54, 1.807) is 54.9 Å². The van der Waals surface area contributed by atoms with Crippen molar-refractivity contribution in [3.63, 3.8) is 0 Å². The number of thiocarbonyl (C=S) groups is 1. The summed E-state index contributed by atoms with van der Waals surface area (Å²) in [5.74, 6) is 0.0434. The van der Waals surface area contributed by atoms with Crippen LogP contribution in [0.1, 0.15) is 0 Å². The highest BCUT2D eigenvalue weighted by Crippen LogP contribution is 2.37. The number of ether oxygens (including phenoxy) is 2. The molecule has 0 aliphatic heterocycles. The van der Waals surface area contributed by atoms with E-state index in [0.29, 0.717) is 11.1 Å². The molecule has 2 aromatic carbocycles. The van der Waals surface area contributed by atoms with Crippen LogP contribution in [0.5, 0.6) is 5.75 Å². The topological polar surface area (TPSA) is 61.6 Å². The maximum atomic E-state index is 13.2. The van der Waals surface area contributed by atoms with Gasteiger partial charge in [-0.1, -0.05) is 35.9 Å². The van der Waals surface area contributed by atoms with Gasteiger partial charge < -0.3 is 13.9 Å². The van der Waals surface area contributed by atoms with Crippen molar-refractivity contribution in [2.24, 2.45) is 0 Å². The summed E-state index contributed by atoms with van der Waals surface area (Å²) in [6.45, 7) is 0. The van der Waals surface area contributed by atoms with Crippen LogP contribution >= 0.6 is 23.8 Å². The number of methoxy groups -OCH3 is 1. The van der Waals surface area contributed by atoms with Gasteiger partial charge in [0.15, 0.2) is 5.75 Å². The minimum absolute atomic E-state index is 0.0905. The van der Waals surface area contributed by atoms with Gasteiger partial charge in [-0.3, -0.25) is 4.98 Å². The average molecular weight is 468 g/mol. The first kappa shape index (κ1) is 21.7. The van der Waals surface area contributed by atoms with Crippen molar-refractivity contribution >= 4 is 29.1 Å². The van der Waals surface area contributed by atoms with Gasteiger partial charge in [-0.25, -0.2) is 9.18 Å². The van der Waals surface area contributed by atoms with E-state index in [4.69, 9.17) is 37.7 Å². The van der Waals surface area contributed by atoms with Crippen LogP contribution in [0.4, 0.5) is 4.39 Å². The average Bonchev–Trinajstić information content (AvgIpc) is 2.80. The standard InChI is InChI=1S/C24H15ClFNO4S/c1-29-24(32)31-21-12-20(16-3-2-10-27-13-16)30-23(28)22(21)18-9-6-15(11-19(18)25)14-4-7-17(26)8-5-14/h2-13H,1H3. The molecule has 0 fully saturated rings. The van der Waals surface area contributed by atoms with Crippen molar-refractivity contribution < 1.29 is 18.3 Å². The second-order valence-corrected chi connectivity index (χ2v) is 7.38. The number of rotatable bonds is 4. The maximum absolute atomic E-state index is 13.2. The van der Waals surface area contributed by atoms with E-state index in [9.17, 15) is 9.18 Å². The molecule has 0 N–H and O–H groups in total. The SMILES string of the molecule is COC(=S)Oc1cc(-c2cccnc2)oc(=O)c1-c1ccc(-c2ccc(F)cc2)cc1Cl. The van der Waals surface area contributed by atoms with Gasteiger partial charge in [-0.15, -0.1) is 0 Å². The largest absolute Gasteiger partial charge is 0.460 e. The summed E-state index contributed by atoms with van der Waals surface area (Å²) in [6.07, 6.45) is 3.16. The first-order chi connectivity index (χ1) is 15.5. The second-order valence-electron chi connectivity index (χ2n) is 6.64. The summed E-state index contributed by atoms with van der Waals surface area (Å²) in [7, 11) is 1.36. The molecule has 0 radical (unpaired) electrons. The van der Waals surface area contributed by atoms with Crippen molar-refractivity contribution in [3.05, 3.63) is 94.3 Å². The zero-order valence-electron chi connectivity index (χ0n) is 16.7. The highest BCUT2D eigenvalue weighted by Gasteiger charge is 2.20. The van der Waals surface area contributed by atoms with Crippen LogP contribution < -0.4 is 10.4 Å². The van der Waals surface area contributed by atoms with E-state index >= 15 is 0 Å². The van der Waals surface area contributed by atoms with Gasteiger partial charge in [-0.05, 0) is 41.5 Å². The highest BCUT2D eigenvalue weighted by molar-refractivity contribution is 7.79. The summed E-state index contributed by atoms with van der Waals surface area (Å²) in [5.41, 5.74) is 1.92. The Labute approximate surface area is 193 Å². The number of halogens is 2. The lowest BCUT2D eigenvalue weighted by Crippen LogP contribution is -2.13. The lowest BCUT2D eigenvalue weighted by molar-refractivity contribution is 0.314. The first-order valence-electron chi connectivity index (χ1n) is 9.36. The Morgan fingerprint density at radius 3 is 2.47 bits per heavy atom. The fourth-order valence-electron chi connectivity index (χ4n) is 3.12. The fourth-order valence-corrected chi connectivity index (χ4v) is 3.48. The van der Waals surface area contributed by atoms with Crippen LogP contribution in [0.3, 0.4) is 0 Å². The van der Waals surface area contributed by atoms with Crippen LogP contribution in [0, 0.1) is 5.82 Å². The predicted molar refractivity (Wildman–Crippen MR) is 124 cm³/mol. The number of aromatic nitrogens is 1. The van der Waals surface area contributed by atoms with Gasteiger partial charge in [0.05, 0.1) is 7.11 Å². The maximum Gasteiger partial charge on any atom is 0.357 e. The second kappa shape index (κ2) is 9.30. The predicted octanol–water partition coefficient (Wildman–Crippen LogP) is 6.14. The quantitative estimate of drug-likeness (QED) is 0.336. The van der Waals surface area contributed by atoms with Gasteiger partial charge >= 0.3 is 10.9 Å². The highest BCUT2D eigenvalue weighted by atomic mass is 35.5. The number of pyridine rings is 1. The smallest absolute Gasteiger partial charge is 0.357 e. The van der Waals surface area contributed by atoms with E-state index in [0.717, 1.165) is 11.1 Å². The molecule has 0 amide bonds. The lowest BCUT2D eigenvalue weighted by Gasteiger charge is -2.13. The van der Waals surface area contributed by atoms with Gasteiger partial charge in [-0.2, -0.15) is 0 Å². The third-order valence-electron chi connectivity index (χ3n) is 4.64.